The smallest absolute Gasteiger partial charge is 0.416 e. The number of piperidine rings is 1. The Bertz CT molecular complexity index is 1280. The van der Waals surface area contributed by atoms with E-state index in [1.54, 1.807) is 12.1 Å². The number of amides is 1. The number of fused-ring (bicyclic) bond motifs is 1. The van der Waals surface area contributed by atoms with Crippen LogP contribution in [0.1, 0.15) is 29.9 Å². The van der Waals surface area contributed by atoms with Gasteiger partial charge in [-0.25, -0.2) is 13.2 Å². The Balaban J connectivity index is 1.69. The Kier molecular flexibility index (Phi) is 5.58. The summed E-state index contributed by atoms with van der Waals surface area (Å²) < 4.78 is 65.0. The van der Waals surface area contributed by atoms with Gasteiger partial charge in [-0.1, -0.05) is 24.3 Å². The second-order valence-electron chi connectivity index (χ2n) is 7.66. The Morgan fingerprint density at radius 3 is 2.38 bits per heavy atom. The van der Waals surface area contributed by atoms with Crippen LogP contribution >= 0.6 is 0 Å². The topological polar surface area (TPSA) is 87.6 Å². The van der Waals surface area contributed by atoms with E-state index in [2.05, 4.69) is 4.98 Å². The van der Waals surface area contributed by atoms with E-state index in [0.717, 1.165) is 30.0 Å². The number of aromatic nitrogens is 1. The van der Waals surface area contributed by atoms with Crippen LogP contribution < -0.4 is 0 Å². The molecule has 6 nitrogen and oxygen atoms in total. The number of rotatable bonds is 3. The number of carbonyl (C=O) groups is 1. The molecule has 3 aromatic rings. The van der Waals surface area contributed by atoms with Crippen molar-refractivity contribution in [1.82, 2.24) is 9.88 Å². The van der Waals surface area contributed by atoms with Crippen molar-refractivity contribution in [2.45, 2.75) is 34.7 Å². The average molecular weight is 464 g/mol. The van der Waals surface area contributed by atoms with Gasteiger partial charge in [0.2, 0.25) is 9.84 Å². The highest BCUT2D eigenvalue weighted by atomic mass is 32.2. The molecule has 0 bridgehead atoms. The van der Waals surface area contributed by atoms with Crippen molar-refractivity contribution in [3.8, 4) is 0 Å². The van der Waals surface area contributed by atoms with E-state index in [1.807, 2.05) is 6.07 Å². The Morgan fingerprint density at radius 1 is 1.03 bits per heavy atom. The molecule has 1 amide bonds. The van der Waals surface area contributed by atoms with Crippen molar-refractivity contribution in [2.75, 3.05) is 13.1 Å². The Labute approximate surface area is 182 Å². The fraction of sp³-hybridized carbons (Fsp3) is 0.273. The number of alkyl halides is 3. The first-order valence-electron chi connectivity index (χ1n) is 9.86. The lowest BCUT2D eigenvalue weighted by atomic mass is 9.88. The van der Waals surface area contributed by atoms with Crippen molar-refractivity contribution in [1.29, 1.82) is 0 Å². The van der Waals surface area contributed by atoms with Gasteiger partial charge in [-0.2, -0.15) is 13.2 Å². The van der Waals surface area contributed by atoms with Crippen LogP contribution in [0.25, 0.3) is 10.9 Å². The van der Waals surface area contributed by atoms with Crippen molar-refractivity contribution in [3.05, 3.63) is 65.9 Å². The fourth-order valence-electron chi connectivity index (χ4n) is 4.00. The standard InChI is InChI=1S/C22H19F3N2O4S/c23-22(24,25)16-4-2-5-17(12-16)32(30,31)18-11-15-3-1-6-19(20(15)26-13-18)14-7-9-27(10-8-14)21(28)29/h1-6,11-14H,7-10H2,(H,28,29). The summed E-state index contributed by atoms with van der Waals surface area (Å²) >= 11 is 0. The van der Waals surface area contributed by atoms with Gasteiger partial charge < -0.3 is 10.0 Å². The maximum Gasteiger partial charge on any atom is 0.416 e. The minimum atomic E-state index is -4.65. The highest BCUT2D eigenvalue weighted by Crippen LogP contribution is 2.35. The molecule has 1 N–H and O–H groups in total. The number of sulfone groups is 1. The molecule has 0 radical (unpaired) electrons. The molecule has 10 heteroatoms. The lowest BCUT2D eigenvalue weighted by Crippen LogP contribution is -2.36. The molecule has 0 spiro atoms. The largest absolute Gasteiger partial charge is 0.465 e. The fourth-order valence-corrected chi connectivity index (χ4v) is 5.28. The van der Waals surface area contributed by atoms with Crippen LogP contribution in [0.2, 0.25) is 0 Å². The first-order valence-corrected chi connectivity index (χ1v) is 11.3. The van der Waals surface area contributed by atoms with Crippen molar-refractivity contribution >= 4 is 26.8 Å². The molecule has 1 aliphatic rings. The molecule has 4 rings (SSSR count). The van der Waals surface area contributed by atoms with Crippen LogP contribution in [0.4, 0.5) is 18.0 Å². The first-order chi connectivity index (χ1) is 15.1. The molecular weight excluding hydrogens is 445 g/mol. The van der Waals surface area contributed by atoms with E-state index in [-0.39, 0.29) is 10.8 Å². The molecule has 1 fully saturated rings. The number of hydrogen-bond acceptors (Lipinski definition) is 4. The lowest BCUT2D eigenvalue weighted by molar-refractivity contribution is -0.137. The van der Waals surface area contributed by atoms with Gasteiger partial charge in [0.25, 0.3) is 0 Å². The summed E-state index contributed by atoms with van der Waals surface area (Å²) in [4.78, 5) is 16.2. The summed E-state index contributed by atoms with van der Waals surface area (Å²) in [6.45, 7) is 0.802. The van der Waals surface area contributed by atoms with Gasteiger partial charge in [-0.05, 0) is 48.6 Å². The molecule has 1 aliphatic heterocycles. The van der Waals surface area contributed by atoms with E-state index >= 15 is 0 Å². The van der Waals surface area contributed by atoms with Gasteiger partial charge in [0.15, 0.2) is 0 Å². The second kappa shape index (κ2) is 8.09. The minimum Gasteiger partial charge on any atom is -0.465 e. The molecule has 1 aromatic heterocycles. The monoisotopic (exact) mass is 464 g/mol. The normalized spacial score (nSPS) is 15.8. The molecular formula is C22H19F3N2O4S. The Morgan fingerprint density at radius 2 is 1.72 bits per heavy atom. The van der Waals surface area contributed by atoms with Crippen LogP contribution in [-0.4, -0.2) is 42.6 Å². The van der Waals surface area contributed by atoms with Gasteiger partial charge in [-0.3, -0.25) is 4.98 Å². The average Bonchev–Trinajstić information content (AvgIpc) is 2.78. The van der Waals surface area contributed by atoms with E-state index < -0.39 is 32.6 Å². The minimum absolute atomic E-state index is 0.0766. The highest BCUT2D eigenvalue weighted by molar-refractivity contribution is 7.91. The zero-order valence-corrected chi connectivity index (χ0v) is 17.5. The van der Waals surface area contributed by atoms with Gasteiger partial charge in [-0.15, -0.1) is 0 Å². The molecule has 32 heavy (non-hydrogen) atoms. The number of halogens is 3. The van der Waals surface area contributed by atoms with Crippen LogP contribution in [0, 0.1) is 0 Å². The summed E-state index contributed by atoms with van der Waals surface area (Å²) in [6, 6.07) is 10.4. The lowest BCUT2D eigenvalue weighted by Gasteiger charge is -2.30. The maximum absolute atomic E-state index is 13.0. The van der Waals surface area contributed by atoms with Gasteiger partial charge in [0.1, 0.15) is 0 Å². The van der Waals surface area contributed by atoms with E-state index in [4.69, 9.17) is 5.11 Å². The van der Waals surface area contributed by atoms with Crippen LogP contribution in [0.15, 0.2) is 64.5 Å². The van der Waals surface area contributed by atoms with Gasteiger partial charge in [0.05, 0.1) is 20.9 Å². The van der Waals surface area contributed by atoms with Crippen LogP contribution in [-0.2, 0) is 16.0 Å². The van der Waals surface area contributed by atoms with E-state index in [0.29, 0.717) is 42.9 Å². The molecule has 0 unspecified atom stereocenters. The quantitative estimate of drug-likeness (QED) is 0.593. The molecule has 168 valence electrons. The molecule has 2 aromatic carbocycles. The molecule has 2 heterocycles. The third kappa shape index (κ3) is 4.14. The third-order valence-corrected chi connectivity index (χ3v) is 7.42. The third-order valence-electron chi connectivity index (χ3n) is 5.70. The van der Waals surface area contributed by atoms with Gasteiger partial charge in [0, 0.05) is 24.7 Å². The summed E-state index contributed by atoms with van der Waals surface area (Å²) in [7, 11) is -4.20. The molecule has 0 atom stereocenters. The van der Waals surface area contributed by atoms with Crippen LogP contribution in [0.5, 0.6) is 0 Å². The predicted octanol–water partition coefficient (Wildman–Crippen LogP) is 4.94. The predicted molar refractivity (Wildman–Crippen MR) is 110 cm³/mol. The van der Waals surface area contributed by atoms with Gasteiger partial charge >= 0.3 is 12.3 Å². The van der Waals surface area contributed by atoms with E-state index in [1.165, 1.54) is 11.0 Å². The number of hydrogen-bond donors (Lipinski definition) is 1. The first kappa shape index (κ1) is 22.1. The van der Waals surface area contributed by atoms with Crippen molar-refractivity contribution in [2.24, 2.45) is 0 Å². The second-order valence-corrected chi connectivity index (χ2v) is 9.61. The van der Waals surface area contributed by atoms with Crippen molar-refractivity contribution < 1.29 is 31.5 Å². The summed E-state index contributed by atoms with van der Waals surface area (Å²) in [5.41, 5.74) is 0.460. The molecule has 1 saturated heterocycles. The zero-order valence-electron chi connectivity index (χ0n) is 16.7. The SMILES string of the molecule is O=C(O)N1CCC(c2cccc3cc(S(=O)(=O)c4cccc(C(F)(F)F)c4)cnc23)CC1. The van der Waals surface area contributed by atoms with E-state index in [9.17, 15) is 26.4 Å². The number of carboxylic acid groups (broad SMARTS) is 1. The summed E-state index contributed by atoms with van der Waals surface area (Å²) in [5.74, 6) is 0.0766. The Hall–Kier alpha value is -3.14. The molecule has 0 aliphatic carbocycles. The summed E-state index contributed by atoms with van der Waals surface area (Å²) in [5, 5.41) is 9.68. The summed E-state index contributed by atoms with van der Waals surface area (Å²) in [6.07, 6.45) is -3.20. The number of nitrogens with zero attached hydrogens (tertiary/aromatic N) is 2. The number of benzene rings is 2. The zero-order chi connectivity index (χ0) is 23.1. The molecule has 0 saturated carbocycles. The van der Waals surface area contributed by atoms with Crippen molar-refractivity contribution in [3.63, 3.8) is 0 Å². The maximum atomic E-state index is 13.0. The highest BCUT2D eigenvalue weighted by Gasteiger charge is 2.32. The number of likely N-dealkylation sites (tertiary alicyclic amines) is 1. The number of para-hydroxylation sites is 1. The number of pyridine rings is 1. The van der Waals surface area contributed by atoms with Crippen LogP contribution in [0.3, 0.4) is 0 Å².